The van der Waals surface area contributed by atoms with Crippen LogP contribution in [0.3, 0.4) is 0 Å². The molecule has 3 aromatic rings. The summed E-state index contributed by atoms with van der Waals surface area (Å²) in [5.41, 5.74) is 2.30. The second-order valence-corrected chi connectivity index (χ2v) is 6.20. The van der Waals surface area contributed by atoms with E-state index < -0.39 is 0 Å². The Kier molecular flexibility index (Phi) is 4.61. The van der Waals surface area contributed by atoms with Gasteiger partial charge < -0.3 is 19.6 Å². The third-order valence-electron chi connectivity index (χ3n) is 4.27. The van der Waals surface area contributed by atoms with Gasteiger partial charge in [0.1, 0.15) is 5.75 Å². The molecule has 0 saturated heterocycles. The molecule has 0 aliphatic heterocycles. The van der Waals surface area contributed by atoms with Crippen LogP contribution in [0.5, 0.6) is 5.75 Å². The van der Waals surface area contributed by atoms with E-state index in [1.54, 1.807) is 11.5 Å². The van der Waals surface area contributed by atoms with Gasteiger partial charge >= 0.3 is 0 Å². The second-order valence-electron chi connectivity index (χ2n) is 6.20. The first-order valence-electron chi connectivity index (χ1n) is 8.19. The van der Waals surface area contributed by atoms with Crippen LogP contribution < -0.4 is 10.9 Å². The standard InChI is InChI=1S/C19H21N3O3/c1-13-10-16(23)12-19(25)22(13)8-3-4-18(24)20-15-5-6-17-14(11-15)7-9-21(17)2/h5-7,9-12,23H,3-4,8H2,1-2H3,(H,20,24). The minimum absolute atomic E-state index is 0.0344. The summed E-state index contributed by atoms with van der Waals surface area (Å²) >= 11 is 0. The van der Waals surface area contributed by atoms with E-state index >= 15 is 0 Å². The van der Waals surface area contributed by atoms with E-state index in [-0.39, 0.29) is 17.2 Å². The van der Waals surface area contributed by atoms with Crippen LogP contribution in [0.4, 0.5) is 5.69 Å². The zero-order valence-electron chi connectivity index (χ0n) is 14.3. The van der Waals surface area contributed by atoms with Crippen molar-refractivity contribution < 1.29 is 9.90 Å². The van der Waals surface area contributed by atoms with E-state index in [2.05, 4.69) is 5.32 Å². The number of aromatic nitrogens is 2. The molecule has 1 amide bonds. The summed E-state index contributed by atoms with van der Waals surface area (Å²) in [6, 6.07) is 10.5. The molecule has 0 spiro atoms. The quantitative estimate of drug-likeness (QED) is 0.750. The van der Waals surface area contributed by atoms with E-state index in [1.165, 1.54) is 12.1 Å². The van der Waals surface area contributed by atoms with Crippen molar-refractivity contribution in [3.05, 3.63) is 58.6 Å². The zero-order valence-corrected chi connectivity index (χ0v) is 14.3. The Morgan fingerprint density at radius 2 is 2.00 bits per heavy atom. The van der Waals surface area contributed by atoms with Crippen molar-refractivity contribution in [3.8, 4) is 5.75 Å². The number of hydrogen-bond acceptors (Lipinski definition) is 3. The minimum Gasteiger partial charge on any atom is -0.508 e. The van der Waals surface area contributed by atoms with Gasteiger partial charge in [0.15, 0.2) is 0 Å². The van der Waals surface area contributed by atoms with E-state index in [4.69, 9.17) is 0 Å². The number of benzene rings is 1. The summed E-state index contributed by atoms with van der Waals surface area (Å²) in [4.78, 5) is 24.0. The molecule has 6 nitrogen and oxygen atoms in total. The summed E-state index contributed by atoms with van der Waals surface area (Å²) < 4.78 is 3.59. The fourth-order valence-electron chi connectivity index (χ4n) is 2.98. The maximum absolute atomic E-state index is 12.1. The summed E-state index contributed by atoms with van der Waals surface area (Å²) in [6.07, 6.45) is 2.85. The van der Waals surface area contributed by atoms with Gasteiger partial charge in [-0.05, 0) is 43.7 Å². The molecule has 2 aromatic heterocycles. The van der Waals surface area contributed by atoms with Gasteiger partial charge in [0.2, 0.25) is 5.91 Å². The maximum atomic E-state index is 12.1. The molecule has 3 rings (SSSR count). The van der Waals surface area contributed by atoms with Crippen LogP contribution in [0, 0.1) is 6.92 Å². The van der Waals surface area contributed by atoms with Crippen LogP contribution in [-0.2, 0) is 18.4 Å². The zero-order chi connectivity index (χ0) is 18.0. The molecule has 0 atom stereocenters. The van der Waals surface area contributed by atoms with E-state index in [0.29, 0.717) is 25.1 Å². The fraction of sp³-hybridized carbons (Fsp3) is 0.263. The summed E-state index contributed by atoms with van der Waals surface area (Å²) in [5.74, 6) is -0.118. The van der Waals surface area contributed by atoms with Crippen LogP contribution in [-0.4, -0.2) is 20.1 Å². The first kappa shape index (κ1) is 16.8. The van der Waals surface area contributed by atoms with Crippen molar-refractivity contribution in [2.24, 2.45) is 7.05 Å². The van der Waals surface area contributed by atoms with Crippen LogP contribution in [0.25, 0.3) is 10.9 Å². The minimum atomic E-state index is -0.257. The lowest BCUT2D eigenvalue weighted by atomic mass is 10.2. The maximum Gasteiger partial charge on any atom is 0.254 e. The van der Waals surface area contributed by atoms with Crippen molar-refractivity contribution in [2.45, 2.75) is 26.3 Å². The smallest absolute Gasteiger partial charge is 0.254 e. The molecule has 0 unspecified atom stereocenters. The van der Waals surface area contributed by atoms with Crippen molar-refractivity contribution >= 4 is 22.5 Å². The highest BCUT2D eigenvalue weighted by molar-refractivity contribution is 5.93. The number of aromatic hydroxyl groups is 1. The number of pyridine rings is 1. The van der Waals surface area contributed by atoms with E-state index in [0.717, 1.165) is 16.6 Å². The molecule has 2 N–H and O–H groups in total. The summed E-state index contributed by atoms with van der Waals surface area (Å²) in [5, 5.41) is 13.4. The van der Waals surface area contributed by atoms with Gasteiger partial charge in [-0.15, -0.1) is 0 Å². The molecule has 0 radical (unpaired) electrons. The number of carbonyl (C=O) groups excluding carboxylic acids is 1. The van der Waals surface area contributed by atoms with E-state index in [9.17, 15) is 14.7 Å². The number of fused-ring (bicyclic) bond motifs is 1. The number of anilines is 1. The number of hydrogen-bond donors (Lipinski definition) is 2. The lowest BCUT2D eigenvalue weighted by molar-refractivity contribution is -0.116. The summed E-state index contributed by atoms with van der Waals surface area (Å²) in [7, 11) is 1.98. The molecule has 0 saturated carbocycles. The molecule has 0 aliphatic carbocycles. The largest absolute Gasteiger partial charge is 0.508 e. The first-order valence-corrected chi connectivity index (χ1v) is 8.19. The van der Waals surface area contributed by atoms with Crippen LogP contribution in [0.15, 0.2) is 47.4 Å². The third-order valence-corrected chi connectivity index (χ3v) is 4.27. The average Bonchev–Trinajstić information content (AvgIpc) is 2.90. The van der Waals surface area contributed by atoms with Gasteiger partial charge in [-0.25, -0.2) is 0 Å². The van der Waals surface area contributed by atoms with Crippen molar-refractivity contribution in [3.63, 3.8) is 0 Å². The lowest BCUT2D eigenvalue weighted by Gasteiger charge is -2.10. The molecule has 6 heteroatoms. The Bertz CT molecular complexity index is 985. The highest BCUT2D eigenvalue weighted by Crippen LogP contribution is 2.20. The van der Waals surface area contributed by atoms with Crippen molar-refractivity contribution in [1.29, 1.82) is 0 Å². The SMILES string of the molecule is Cc1cc(O)cc(=O)n1CCCC(=O)Nc1ccc2c(ccn2C)c1. The Morgan fingerprint density at radius 3 is 2.76 bits per heavy atom. The highest BCUT2D eigenvalue weighted by Gasteiger charge is 2.07. The topological polar surface area (TPSA) is 76.3 Å². The normalized spacial score (nSPS) is 11.0. The van der Waals surface area contributed by atoms with Gasteiger partial charge in [-0.1, -0.05) is 0 Å². The predicted molar refractivity (Wildman–Crippen MR) is 97.9 cm³/mol. The number of rotatable bonds is 5. The molecular formula is C19H21N3O3. The molecular weight excluding hydrogens is 318 g/mol. The van der Waals surface area contributed by atoms with Crippen molar-refractivity contribution in [1.82, 2.24) is 9.13 Å². The van der Waals surface area contributed by atoms with Crippen LogP contribution in [0.1, 0.15) is 18.5 Å². The Labute approximate surface area is 145 Å². The molecule has 0 aliphatic rings. The molecule has 0 fully saturated rings. The lowest BCUT2D eigenvalue weighted by Crippen LogP contribution is -2.22. The predicted octanol–water partition coefficient (Wildman–Crippen LogP) is 2.77. The van der Waals surface area contributed by atoms with E-state index in [1.807, 2.05) is 42.1 Å². The second kappa shape index (κ2) is 6.84. The molecule has 2 heterocycles. The molecule has 0 bridgehead atoms. The fourth-order valence-corrected chi connectivity index (χ4v) is 2.98. The Balaban J connectivity index is 1.58. The number of aryl methyl sites for hydroxylation is 2. The first-order chi connectivity index (χ1) is 11.9. The monoisotopic (exact) mass is 339 g/mol. The Hall–Kier alpha value is -3.02. The van der Waals surface area contributed by atoms with Crippen LogP contribution in [0.2, 0.25) is 0 Å². The average molecular weight is 339 g/mol. The third kappa shape index (κ3) is 3.74. The van der Waals surface area contributed by atoms with Gasteiger partial charge in [0, 0.05) is 54.6 Å². The molecule has 130 valence electrons. The number of nitrogens with one attached hydrogen (secondary N) is 1. The number of nitrogens with zero attached hydrogens (tertiary/aromatic N) is 2. The van der Waals surface area contributed by atoms with Gasteiger partial charge in [0.05, 0.1) is 0 Å². The van der Waals surface area contributed by atoms with Gasteiger partial charge in [-0.2, -0.15) is 0 Å². The van der Waals surface area contributed by atoms with Gasteiger partial charge in [-0.3, -0.25) is 9.59 Å². The molecule has 1 aromatic carbocycles. The summed E-state index contributed by atoms with van der Waals surface area (Å²) in [6.45, 7) is 2.20. The van der Waals surface area contributed by atoms with Crippen LogP contribution >= 0.6 is 0 Å². The Morgan fingerprint density at radius 1 is 1.20 bits per heavy atom. The molecule has 25 heavy (non-hydrogen) atoms. The van der Waals surface area contributed by atoms with Crippen molar-refractivity contribution in [2.75, 3.05) is 5.32 Å². The number of carbonyl (C=O) groups is 1. The number of amides is 1. The highest BCUT2D eigenvalue weighted by atomic mass is 16.3. The van der Waals surface area contributed by atoms with Gasteiger partial charge in [0.25, 0.3) is 5.56 Å².